The van der Waals surface area contributed by atoms with Crippen LogP contribution in [0.2, 0.25) is 5.02 Å². The fourth-order valence-electron chi connectivity index (χ4n) is 1.62. The van der Waals surface area contributed by atoms with Crippen molar-refractivity contribution in [2.75, 3.05) is 11.1 Å². The summed E-state index contributed by atoms with van der Waals surface area (Å²) in [6.07, 6.45) is 3.55. The minimum atomic E-state index is 0.152. The number of nitrogens with one attached hydrogen (secondary N) is 1. The zero-order valence-electron chi connectivity index (χ0n) is 9.52. The van der Waals surface area contributed by atoms with Crippen LogP contribution in [0.5, 0.6) is 0 Å². The van der Waals surface area contributed by atoms with Gasteiger partial charge >= 0.3 is 0 Å². The van der Waals surface area contributed by atoms with Gasteiger partial charge in [0.2, 0.25) is 0 Å². The zero-order chi connectivity index (χ0) is 12.3. The Morgan fingerprint density at radius 2 is 1.94 bits per heavy atom. The third-order valence-electron chi connectivity index (χ3n) is 2.59. The van der Waals surface area contributed by atoms with Crippen LogP contribution < -0.4 is 11.1 Å². The van der Waals surface area contributed by atoms with E-state index in [0.717, 1.165) is 11.3 Å². The summed E-state index contributed by atoms with van der Waals surface area (Å²) in [7, 11) is 0. The quantitative estimate of drug-likeness (QED) is 0.817. The Morgan fingerprint density at radius 1 is 1.24 bits per heavy atom. The number of nitrogens with zero attached hydrogens (tertiary/aromatic N) is 1. The first kappa shape index (κ1) is 11.7. The highest BCUT2D eigenvalue weighted by Gasteiger charge is 2.07. The van der Waals surface area contributed by atoms with Gasteiger partial charge in [0.1, 0.15) is 0 Å². The predicted octanol–water partition coefficient (Wildman–Crippen LogP) is 3.49. The van der Waals surface area contributed by atoms with Gasteiger partial charge in [0.25, 0.3) is 0 Å². The molecule has 0 saturated heterocycles. The molecule has 0 aliphatic heterocycles. The molecular weight excluding hydrogens is 234 g/mol. The van der Waals surface area contributed by atoms with Gasteiger partial charge in [-0.05, 0) is 42.8 Å². The summed E-state index contributed by atoms with van der Waals surface area (Å²) in [6.45, 7) is 2.07. The Kier molecular flexibility index (Phi) is 3.49. The first-order valence-corrected chi connectivity index (χ1v) is 5.76. The Morgan fingerprint density at radius 3 is 2.65 bits per heavy atom. The van der Waals surface area contributed by atoms with Gasteiger partial charge in [0.15, 0.2) is 0 Å². The summed E-state index contributed by atoms with van der Waals surface area (Å²) >= 11 is 5.94. The summed E-state index contributed by atoms with van der Waals surface area (Å²) in [5.74, 6) is 0. The van der Waals surface area contributed by atoms with E-state index in [1.54, 1.807) is 24.5 Å². The lowest BCUT2D eigenvalue weighted by molar-refractivity contribution is 0.881. The number of hydrogen-bond acceptors (Lipinski definition) is 3. The van der Waals surface area contributed by atoms with E-state index in [0.29, 0.717) is 10.7 Å². The maximum absolute atomic E-state index is 5.94. The van der Waals surface area contributed by atoms with Crippen LogP contribution in [0, 0.1) is 0 Å². The number of halogens is 1. The third-order valence-corrected chi connectivity index (χ3v) is 2.83. The van der Waals surface area contributed by atoms with Crippen molar-refractivity contribution in [1.29, 1.82) is 0 Å². The molecule has 0 spiro atoms. The van der Waals surface area contributed by atoms with E-state index in [-0.39, 0.29) is 6.04 Å². The molecule has 0 bridgehead atoms. The van der Waals surface area contributed by atoms with Crippen LogP contribution in [-0.2, 0) is 0 Å². The van der Waals surface area contributed by atoms with Gasteiger partial charge in [0.05, 0.1) is 11.4 Å². The average molecular weight is 248 g/mol. The normalized spacial score (nSPS) is 12.1. The highest BCUT2D eigenvalue weighted by Crippen LogP contribution is 2.26. The van der Waals surface area contributed by atoms with Crippen LogP contribution in [0.1, 0.15) is 18.5 Å². The van der Waals surface area contributed by atoms with Crippen molar-refractivity contribution in [3.63, 3.8) is 0 Å². The molecule has 1 unspecified atom stereocenters. The van der Waals surface area contributed by atoms with Crippen molar-refractivity contribution in [2.45, 2.75) is 13.0 Å². The number of hydrogen-bond donors (Lipinski definition) is 2. The first-order valence-electron chi connectivity index (χ1n) is 5.38. The highest BCUT2D eigenvalue weighted by molar-refractivity contribution is 6.31. The van der Waals surface area contributed by atoms with Gasteiger partial charge in [-0.2, -0.15) is 0 Å². The minimum Gasteiger partial charge on any atom is -0.397 e. The maximum atomic E-state index is 5.94. The second-order valence-electron chi connectivity index (χ2n) is 3.88. The molecule has 0 amide bonds. The topological polar surface area (TPSA) is 50.9 Å². The molecule has 1 aromatic heterocycles. The maximum Gasteiger partial charge on any atom is 0.0593 e. The van der Waals surface area contributed by atoms with Gasteiger partial charge in [-0.25, -0.2) is 0 Å². The molecule has 3 N–H and O–H groups in total. The van der Waals surface area contributed by atoms with Gasteiger partial charge < -0.3 is 11.1 Å². The number of aromatic nitrogens is 1. The molecule has 0 saturated carbocycles. The largest absolute Gasteiger partial charge is 0.397 e. The van der Waals surface area contributed by atoms with E-state index < -0.39 is 0 Å². The Balaban J connectivity index is 2.18. The van der Waals surface area contributed by atoms with Crippen LogP contribution in [0.25, 0.3) is 0 Å². The van der Waals surface area contributed by atoms with Crippen molar-refractivity contribution < 1.29 is 0 Å². The molecule has 2 rings (SSSR count). The lowest BCUT2D eigenvalue weighted by atomic mass is 10.1. The fraction of sp³-hybridized carbons (Fsp3) is 0.154. The minimum absolute atomic E-state index is 0.152. The number of nitrogens with two attached hydrogens (primary N) is 1. The van der Waals surface area contributed by atoms with Crippen molar-refractivity contribution in [3.8, 4) is 0 Å². The van der Waals surface area contributed by atoms with Gasteiger partial charge in [-0.15, -0.1) is 0 Å². The lowest BCUT2D eigenvalue weighted by Gasteiger charge is -2.17. The number of anilines is 2. The standard InChI is InChI=1S/C13H14ClN3/c1-9(10-4-6-16-7-5-10)17-13-8-11(14)2-3-12(13)15/h2-9,17H,15H2,1H3. The smallest absolute Gasteiger partial charge is 0.0593 e. The Hall–Kier alpha value is -1.74. The van der Waals surface area contributed by atoms with Crippen LogP contribution in [0.15, 0.2) is 42.7 Å². The molecule has 0 aliphatic rings. The summed E-state index contributed by atoms with van der Waals surface area (Å²) in [6, 6.07) is 9.49. The third kappa shape index (κ3) is 2.88. The molecule has 17 heavy (non-hydrogen) atoms. The Bertz CT molecular complexity index is 499. The lowest BCUT2D eigenvalue weighted by Crippen LogP contribution is -2.08. The van der Waals surface area contributed by atoms with E-state index in [4.69, 9.17) is 17.3 Å². The van der Waals surface area contributed by atoms with E-state index in [1.165, 1.54) is 0 Å². The number of benzene rings is 1. The summed E-state index contributed by atoms with van der Waals surface area (Å²) in [4.78, 5) is 3.99. The molecule has 1 heterocycles. The van der Waals surface area contributed by atoms with E-state index >= 15 is 0 Å². The fourth-order valence-corrected chi connectivity index (χ4v) is 1.79. The monoisotopic (exact) mass is 247 g/mol. The van der Waals surface area contributed by atoms with Crippen LogP contribution >= 0.6 is 11.6 Å². The predicted molar refractivity (Wildman–Crippen MR) is 72.1 cm³/mol. The average Bonchev–Trinajstić information content (AvgIpc) is 2.35. The molecule has 88 valence electrons. The molecular formula is C13H14ClN3. The van der Waals surface area contributed by atoms with Crippen LogP contribution in [0.3, 0.4) is 0 Å². The number of rotatable bonds is 3. The summed E-state index contributed by atoms with van der Waals surface area (Å²) in [5.41, 5.74) is 8.57. The second kappa shape index (κ2) is 5.06. The van der Waals surface area contributed by atoms with Crippen molar-refractivity contribution in [2.24, 2.45) is 0 Å². The van der Waals surface area contributed by atoms with E-state index in [1.807, 2.05) is 18.2 Å². The molecule has 0 radical (unpaired) electrons. The summed E-state index contributed by atoms with van der Waals surface area (Å²) in [5, 5.41) is 4.00. The first-order chi connectivity index (χ1) is 8.16. The molecule has 4 heteroatoms. The molecule has 3 nitrogen and oxygen atoms in total. The summed E-state index contributed by atoms with van der Waals surface area (Å²) < 4.78 is 0. The SMILES string of the molecule is CC(Nc1cc(Cl)ccc1N)c1ccncc1. The van der Waals surface area contributed by atoms with E-state index in [9.17, 15) is 0 Å². The molecule has 1 aromatic carbocycles. The number of pyridine rings is 1. The second-order valence-corrected chi connectivity index (χ2v) is 4.31. The van der Waals surface area contributed by atoms with Crippen molar-refractivity contribution in [3.05, 3.63) is 53.3 Å². The zero-order valence-corrected chi connectivity index (χ0v) is 10.3. The molecule has 1 atom stereocenters. The van der Waals surface area contributed by atoms with E-state index in [2.05, 4.69) is 17.2 Å². The van der Waals surface area contributed by atoms with Crippen molar-refractivity contribution >= 4 is 23.0 Å². The van der Waals surface area contributed by atoms with Crippen molar-refractivity contribution in [1.82, 2.24) is 4.98 Å². The van der Waals surface area contributed by atoms with Crippen LogP contribution in [-0.4, -0.2) is 4.98 Å². The Labute approximate surface area is 106 Å². The van der Waals surface area contributed by atoms with Gasteiger partial charge in [-0.1, -0.05) is 11.6 Å². The molecule has 2 aromatic rings. The highest BCUT2D eigenvalue weighted by atomic mass is 35.5. The van der Waals surface area contributed by atoms with Gasteiger partial charge in [-0.3, -0.25) is 4.98 Å². The molecule has 0 aliphatic carbocycles. The number of nitrogen functional groups attached to an aromatic ring is 1. The van der Waals surface area contributed by atoms with Gasteiger partial charge in [0, 0.05) is 23.5 Å². The van der Waals surface area contributed by atoms with Crippen LogP contribution in [0.4, 0.5) is 11.4 Å². The molecule has 0 fully saturated rings.